The van der Waals surface area contributed by atoms with Gasteiger partial charge in [-0.2, -0.15) is 0 Å². The zero-order valence-corrected chi connectivity index (χ0v) is 18.5. The number of benzene rings is 2. The van der Waals surface area contributed by atoms with E-state index in [9.17, 15) is 9.59 Å². The Morgan fingerprint density at radius 3 is 2.55 bits per heavy atom. The lowest BCUT2D eigenvalue weighted by atomic mass is 9.92. The lowest BCUT2D eigenvalue weighted by Gasteiger charge is -2.36. The van der Waals surface area contributed by atoms with E-state index in [1.807, 2.05) is 56.3 Å². The number of amides is 2. The third kappa shape index (κ3) is 4.33. The number of carbonyl (C=O) groups excluding carboxylic acids is 2. The van der Waals surface area contributed by atoms with E-state index >= 15 is 0 Å². The Morgan fingerprint density at radius 2 is 1.81 bits per heavy atom. The minimum Gasteiger partial charge on any atom is -0.347 e. The van der Waals surface area contributed by atoms with Crippen molar-refractivity contribution >= 4 is 22.8 Å². The Morgan fingerprint density at radius 1 is 1.10 bits per heavy atom. The molecule has 0 fully saturated rings. The van der Waals surface area contributed by atoms with Crippen molar-refractivity contribution in [3.05, 3.63) is 65.5 Å². The number of fused-ring (bicyclic) bond motifs is 2. The number of para-hydroxylation sites is 2. The van der Waals surface area contributed by atoms with Crippen molar-refractivity contribution in [1.29, 1.82) is 0 Å². The van der Waals surface area contributed by atoms with Crippen LogP contribution in [0.5, 0.6) is 0 Å². The predicted molar refractivity (Wildman–Crippen MR) is 121 cm³/mol. The van der Waals surface area contributed by atoms with Gasteiger partial charge in [0.25, 0.3) is 0 Å². The first kappa shape index (κ1) is 21.1. The van der Waals surface area contributed by atoms with Crippen LogP contribution in [0.1, 0.15) is 44.1 Å². The Labute approximate surface area is 183 Å². The van der Waals surface area contributed by atoms with Gasteiger partial charge in [-0.3, -0.25) is 9.59 Å². The standard InChI is InChI=1S/C25H30N4O2/c1-4-28-21-12-8-7-11-20(21)27-23(28)15-26-25(31)22-14-18-9-5-6-10-19(18)16-29(22)24(30)13-17(2)3/h5-12,17,22H,4,13-16H2,1-3H3,(H,26,31). The van der Waals surface area contributed by atoms with Crippen molar-refractivity contribution in [2.24, 2.45) is 5.92 Å². The Balaban J connectivity index is 1.55. The molecule has 1 aromatic heterocycles. The van der Waals surface area contributed by atoms with Gasteiger partial charge in [0.15, 0.2) is 0 Å². The maximum absolute atomic E-state index is 13.3. The van der Waals surface area contributed by atoms with Gasteiger partial charge in [-0.25, -0.2) is 4.98 Å². The number of carbonyl (C=O) groups is 2. The van der Waals surface area contributed by atoms with E-state index in [4.69, 9.17) is 4.98 Å². The van der Waals surface area contributed by atoms with Crippen molar-refractivity contribution in [2.75, 3.05) is 0 Å². The lowest BCUT2D eigenvalue weighted by molar-refractivity contribution is -0.142. The van der Waals surface area contributed by atoms with Gasteiger partial charge < -0.3 is 14.8 Å². The molecule has 0 bridgehead atoms. The number of aryl methyl sites for hydroxylation is 1. The predicted octanol–water partition coefficient (Wildman–Crippen LogP) is 3.67. The monoisotopic (exact) mass is 418 g/mol. The van der Waals surface area contributed by atoms with Gasteiger partial charge in [0.1, 0.15) is 11.9 Å². The summed E-state index contributed by atoms with van der Waals surface area (Å²) < 4.78 is 2.12. The Hall–Kier alpha value is -3.15. The maximum Gasteiger partial charge on any atom is 0.243 e. The van der Waals surface area contributed by atoms with Crippen molar-refractivity contribution in [3.8, 4) is 0 Å². The number of imidazole rings is 1. The molecule has 0 radical (unpaired) electrons. The zero-order valence-electron chi connectivity index (χ0n) is 18.5. The summed E-state index contributed by atoms with van der Waals surface area (Å²) >= 11 is 0. The molecule has 0 saturated heterocycles. The molecule has 2 amide bonds. The molecule has 2 aromatic carbocycles. The summed E-state index contributed by atoms with van der Waals surface area (Å²) in [6, 6.07) is 15.6. The van der Waals surface area contributed by atoms with Crippen molar-refractivity contribution < 1.29 is 9.59 Å². The molecular formula is C25H30N4O2. The van der Waals surface area contributed by atoms with Crippen molar-refractivity contribution in [1.82, 2.24) is 19.8 Å². The molecule has 31 heavy (non-hydrogen) atoms. The quantitative estimate of drug-likeness (QED) is 0.664. The average molecular weight is 419 g/mol. The van der Waals surface area contributed by atoms with Gasteiger partial charge >= 0.3 is 0 Å². The van der Waals surface area contributed by atoms with E-state index in [-0.39, 0.29) is 17.7 Å². The number of aromatic nitrogens is 2. The second-order valence-electron chi connectivity index (χ2n) is 8.59. The van der Waals surface area contributed by atoms with Crippen LogP contribution < -0.4 is 5.32 Å². The molecule has 4 rings (SSSR count). The van der Waals surface area contributed by atoms with Crippen molar-refractivity contribution in [3.63, 3.8) is 0 Å². The van der Waals surface area contributed by atoms with Gasteiger partial charge in [0.2, 0.25) is 11.8 Å². The van der Waals surface area contributed by atoms with Crippen molar-refractivity contribution in [2.45, 2.75) is 59.3 Å². The molecule has 3 aromatic rings. The molecule has 2 heterocycles. The summed E-state index contributed by atoms with van der Waals surface area (Å²) in [5.74, 6) is 0.984. The number of nitrogens with zero attached hydrogens (tertiary/aromatic N) is 3. The van der Waals surface area contributed by atoms with Crippen LogP contribution in [0.15, 0.2) is 48.5 Å². The highest BCUT2D eigenvalue weighted by Gasteiger charge is 2.34. The molecule has 1 unspecified atom stereocenters. The summed E-state index contributed by atoms with van der Waals surface area (Å²) in [7, 11) is 0. The zero-order chi connectivity index (χ0) is 22.0. The minimum absolute atomic E-state index is 0.0328. The second-order valence-corrected chi connectivity index (χ2v) is 8.59. The average Bonchev–Trinajstić information content (AvgIpc) is 3.13. The number of nitrogens with one attached hydrogen (secondary N) is 1. The summed E-state index contributed by atoms with van der Waals surface area (Å²) in [5.41, 5.74) is 4.25. The molecule has 6 heteroatoms. The molecule has 0 spiro atoms. The van der Waals surface area contributed by atoms with Gasteiger partial charge in [0, 0.05) is 25.9 Å². The van der Waals surface area contributed by atoms with E-state index in [1.54, 1.807) is 4.90 Å². The van der Waals surface area contributed by atoms with E-state index in [0.29, 0.717) is 25.9 Å². The second kappa shape index (κ2) is 8.92. The molecule has 1 atom stereocenters. The normalized spacial score (nSPS) is 15.9. The molecular weight excluding hydrogens is 388 g/mol. The Kier molecular flexibility index (Phi) is 6.07. The number of hydrogen-bond donors (Lipinski definition) is 1. The summed E-state index contributed by atoms with van der Waals surface area (Å²) in [6.45, 7) is 7.73. The van der Waals surface area contributed by atoms with Gasteiger partial charge in [-0.1, -0.05) is 50.2 Å². The first-order valence-corrected chi connectivity index (χ1v) is 11.1. The molecule has 0 aliphatic carbocycles. The van der Waals surface area contributed by atoms with Crippen LogP contribution in [0, 0.1) is 5.92 Å². The number of rotatable bonds is 6. The fourth-order valence-corrected chi connectivity index (χ4v) is 4.38. The first-order chi connectivity index (χ1) is 15.0. The van der Waals surface area contributed by atoms with Gasteiger partial charge in [-0.15, -0.1) is 0 Å². The molecule has 1 aliphatic heterocycles. The van der Waals surface area contributed by atoms with Crippen LogP contribution in [0.2, 0.25) is 0 Å². The largest absolute Gasteiger partial charge is 0.347 e. The van der Waals surface area contributed by atoms with Crippen LogP contribution in [-0.4, -0.2) is 32.3 Å². The maximum atomic E-state index is 13.3. The Bertz CT molecular complexity index is 1100. The number of hydrogen-bond acceptors (Lipinski definition) is 3. The molecule has 6 nitrogen and oxygen atoms in total. The molecule has 1 N–H and O–H groups in total. The molecule has 1 aliphatic rings. The highest BCUT2D eigenvalue weighted by molar-refractivity contribution is 5.88. The van der Waals surface area contributed by atoms with Crippen LogP contribution in [-0.2, 0) is 35.6 Å². The minimum atomic E-state index is -0.499. The third-order valence-corrected chi connectivity index (χ3v) is 5.92. The van der Waals surface area contributed by atoms with Crippen LogP contribution >= 0.6 is 0 Å². The van der Waals surface area contributed by atoms with E-state index < -0.39 is 6.04 Å². The van der Waals surface area contributed by atoms with Crippen LogP contribution in [0.3, 0.4) is 0 Å². The fourth-order valence-electron chi connectivity index (χ4n) is 4.38. The lowest BCUT2D eigenvalue weighted by Crippen LogP contribution is -2.52. The summed E-state index contributed by atoms with van der Waals surface area (Å²) in [6.07, 6.45) is 0.980. The van der Waals surface area contributed by atoms with Gasteiger partial charge in [-0.05, 0) is 36.1 Å². The summed E-state index contributed by atoms with van der Waals surface area (Å²) in [4.78, 5) is 32.7. The highest BCUT2D eigenvalue weighted by Crippen LogP contribution is 2.25. The molecule has 0 saturated carbocycles. The smallest absolute Gasteiger partial charge is 0.243 e. The first-order valence-electron chi connectivity index (χ1n) is 11.1. The fraction of sp³-hybridized carbons (Fsp3) is 0.400. The molecule has 162 valence electrons. The van der Waals surface area contributed by atoms with Gasteiger partial charge in [0.05, 0.1) is 17.6 Å². The van der Waals surface area contributed by atoms with Crippen LogP contribution in [0.25, 0.3) is 11.0 Å². The third-order valence-electron chi connectivity index (χ3n) is 5.92. The van der Waals surface area contributed by atoms with E-state index in [1.165, 1.54) is 0 Å². The van der Waals surface area contributed by atoms with E-state index in [0.717, 1.165) is 34.5 Å². The topological polar surface area (TPSA) is 67.2 Å². The summed E-state index contributed by atoms with van der Waals surface area (Å²) in [5, 5.41) is 3.06. The highest BCUT2D eigenvalue weighted by atomic mass is 16.2. The van der Waals surface area contributed by atoms with Crippen LogP contribution in [0.4, 0.5) is 0 Å². The SMILES string of the molecule is CCn1c(CNC(=O)C2Cc3ccccc3CN2C(=O)CC(C)C)nc2ccccc21. The van der Waals surface area contributed by atoms with E-state index in [2.05, 4.69) is 22.9 Å².